The number of aromatic nitrogens is 3. The van der Waals surface area contributed by atoms with Crippen LogP contribution in [0.15, 0.2) is 47.3 Å². The third-order valence-electron chi connectivity index (χ3n) is 4.58. The predicted octanol–water partition coefficient (Wildman–Crippen LogP) is 2.06. The normalized spacial score (nSPS) is 12.8. The highest BCUT2D eigenvalue weighted by Crippen LogP contribution is 2.29. The Morgan fingerprint density at radius 1 is 1.14 bits per heavy atom. The molecule has 0 aliphatic carbocycles. The van der Waals surface area contributed by atoms with E-state index in [9.17, 15) is 14.0 Å². The number of anilines is 1. The van der Waals surface area contributed by atoms with Crippen LogP contribution in [-0.2, 0) is 20.2 Å². The minimum Gasteiger partial charge on any atom is -0.492 e. The average molecular weight is 396 g/mol. The Kier molecular flexibility index (Phi) is 4.71. The van der Waals surface area contributed by atoms with Crippen LogP contribution in [0.3, 0.4) is 0 Å². The van der Waals surface area contributed by atoms with E-state index in [1.54, 1.807) is 24.3 Å². The first kappa shape index (κ1) is 18.6. The maximum absolute atomic E-state index is 13.7. The van der Waals surface area contributed by atoms with E-state index in [2.05, 4.69) is 10.1 Å². The van der Waals surface area contributed by atoms with Gasteiger partial charge >= 0.3 is 0 Å². The van der Waals surface area contributed by atoms with Gasteiger partial charge in [-0.05, 0) is 42.0 Å². The molecule has 0 fully saturated rings. The Labute approximate surface area is 165 Å². The van der Waals surface area contributed by atoms with Crippen LogP contribution in [0, 0.1) is 5.95 Å². The van der Waals surface area contributed by atoms with Crippen molar-refractivity contribution in [2.75, 3.05) is 12.0 Å². The van der Waals surface area contributed by atoms with E-state index in [0.717, 1.165) is 5.56 Å². The number of carbonyl (C=O) groups excluding carboxylic acids is 1. The summed E-state index contributed by atoms with van der Waals surface area (Å²) in [5.41, 5.74) is 1.48. The Morgan fingerprint density at radius 2 is 1.97 bits per heavy atom. The van der Waals surface area contributed by atoms with Crippen molar-refractivity contribution in [2.24, 2.45) is 7.05 Å². The van der Waals surface area contributed by atoms with Crippen molar-refractivity contribution in [1.29, 1.82) is 0 Å². The Hall–Kier alpha value is -3.75. The van der Waals surface area contributed by atoms with E-state index >= 15 is 0 Å². The molecular weight excluding hydrogens is 379 g/mol. The van der Waals surface area contributed by atoms with Gasteiger partial charge in [-0.1, -0.05) is 0 Å². The zero-order valence-corrected chi connectivity index (χ0v) is 15.8. The van der Waals surface area contributed by atoms with Crippen LogP contribution in [0.25, 0.3) is 0 Å². The Balaban J connectivity index is 1.50. The topological polar surface area (TPSA) is 86.5 Å². The van der Waals surface area contributed by atoms with E-state index in [-0.39, 0.29) is 23.8 Å². The van der Waals surface area contributed by atoms with E-state index in [1.807, 2.05) is 0 Å². The molecule has 0 bridgehead atoms. The number of aryl methyl sites for hydroxylation is 1. The standard InChI is InChI=1S/C20H17FN4O4/c1-24-18(26)8-7-17(23-24)25-10-12-9-14(4-5-15(12)20(25)27)29-11-13-3-6-16(28-2)19(21)22-13/h3-9H,10-11H2,1-2H3. The molecule has 1 aromatic carbocycles. The lowest BCUT2D eigenvalue weighted by molar-refractivity contribution is 0.0995. The largest absolute Gasteiger partial charge is 0.492 e. The van der Waals surface area contributed by atoms with Crippen LogP contribution in [0.5, 0.6) is 11.5 Å². The van der Waals surface area contributed by atoms with E-state index < -0.39 is 5.95 Å². The number of fused-ring (bicyclic) bond motifs is 1. The molecule has 0 unspecified atom stereocenters. The van der Waals surface area contributed by atoms with Gasteiger partial charge in [-0.2, -0.15) is 9.49 Å². The smallest absolute Gasteiger partial charge is 0.266 e. The molecule has 0 saturated carbocycles. The first-order valence-corrected chi connectivity index (χ1v) is 8.77. The quantitative estimate of drug-likeness (QED) is 0.614. The third-order valence-corrected chi connectivity index (χ3v) is 4.58. The van der Waals surface area contributed by atoms with E-state index in [1.165, 1.54) is 41.9 Å². The van der Waals surface area contributed by atoms with Gasteiger partial charge in [0.2, 0.25) is 0 Å². The molecule has 0 saturated heterocycles. The summed E-state index contributed by atoms with van der Waals surface area (Å²) < 4.78 is 25.4. The number of amides is 1. The van der Waals surface area contributed by atoms with Crippen molar-refractivity contribution in [3.8, 4) is 11.5 Å². The number of nitrogens with zero attached hydrogens (tertiary/aromatic N) is 4. The second-order valence-electron chi connectivity index (χ2n) is 6.45. The second kappa shape index (κ2) is 7.34. The summed E-state index contributed by atoms with van der Waals surface area (Å²) in [6, 6.07) is 11.1. The zero-order chi connectivity index (χ0) is 20.5. The van der Waals surface area contributed by atoms with Gasteiger partial charge in [0, 0.05) is 18.7 Å². The van der Waals surface area contributed by atoms with Gasteiger partial charge in [0.15, 0.2) is 11.6 Å². The second-order valence-corrected chi connectivity index (χ2v) is 6.45. The summed E-state index contributed by atoms with van der Waals surface area (Å²) in [5.74, 6) is 0.0978. The maximum Gasteiger partial charge on any atom is 0.266 e. The van der Waals surface area contributed by atoms with Gasteiger partial charge in [-0.25, -0.2) is 9.67 Å². The van der Waals surface area contributed by atoms with Gasteiger partial charge in [-0.3, -0.25) is 14.5 Å². The van der Waals surface area contributed by atoms with Crippen LogP contribution >= 0.6 is 0 Å². The lowest BCUT2D eigenvalue weighted by atomic mass is 10.1. The zero-order valence-electron chi connectivity index (χ0n) is 15.8. The summed E-state index contributed by atoms with van der Waals surface area (Å²) in [4.78, 5) is 29.5. The minimum atomic E-state index is -0.700. The lowest BCUT2D eigenvalue weighted by Gasteiger charge is -2.14. The SMILES string of the molecule is COc1ccc(COc2ccc3c(c2)CN(c2ccc(=O)n(C)n2)C3=O)nc1F. The fourth-order valence-corrected chi connectivity index (χ4v) is 3.05. The first-order valence-electron chi connectivity index (χ1n) is 8.77. The van der Waals surface area contributed by atoms with Crippen molar-refractivity contribution in [3.63, 3.8) is 0 Å². The summed E-state index contributed by atoms with van der Waals surface area (Å²) in [5, 5.41) is 4.13. The number of hydrogen-bond acceptors (Lipinski definition) is 6. The summed E-state index contributed by atoms with van der Waals surface area (Å²) in [7, 11) is 2.90. The molecule has 29 heavy (non-hydrogen) atoms. The lowest BCUT2D eigenvalue weighted by Crippen LogP contribution is -2.28. The van der Waals surface area contributed by atoms with Gasteiger partial charge in [0.05, 0.1) is 19.3 Å². The molecule has 0 atom stereocenters. The molecule has 2 aromatic heterocycles. The molecule has 1 aliphatic rings. The van der Waals surface area contributed by atoms with Gasteiger partial charge in [-0.15, -0.1) is 0 Å². The van der Waals surface area contributed by atoms with Gasteiger partial charge in [0.1, 0.15) is 12.4 Å². The summed E-state index contributed by atoms with van der Waals surface area (Å²) in [6.07, 6.45) is 0. The molecule has 0 N–H and O–H groups in total. The van der Waals surface area contributed by atoms with E-state index in [0.29, 0.717) is 29.4 Å². The molecule has 3 heterocycles. The number of pyridine rings is 1. The van der Waals surface area contributed by atoms with Crippen molar-refractivity contribution in [1.82, 2.24) is 14.8 Å². The molecule has 4 rings (SSSR count). The van der Waals surface area contributed by atoms with Crippen molar-refractivity contribution in [2.45, 2.75) is 13.2 Å². The van der Waals surface area contributed by atoms with Crippen molar-refractivity contribution in [3.05, 3.63) is 75.6 Å². The Morgan fingerprint density at radius 3 is 2.69 bits per heavy atom. The minimum absolute atomic E-state index is 0.0666. The number of methoxy groups -OCH3 is 1. The fraction of sp³-hybridized carbons (Fsp3) is 0.200. The molecule has 9 heteroatoms. The summed E-state index contributed by atoms with van der Waals surface area (Å²) >= 11 is 0. The van der Waals surface area contributed by atoms with Gasteiger partial charge < -0.3 is 9.47 Å². The molecule has 0 spiro atoms. The van der Waals surface area contributed by atoms with Crippen molar-refractivity contribution < 1.29 is 18.7 Å². The number of carbonyl (C=O) groups is 1. The number of hydrogen-bond donors (Lipinski definition) is 0. The molecule has 1 aliphatic heterocycles. The molecule has 3 aromatic rings. The highest BCUT2D eigenvalue weighted by Gasteiger charge is 2.30. The third kappa shape index (κ3) is 3.54. The first-order chi connectivity index (χ1) is 14.0. The van der Waals surface area contributed by atoms with Crippen LogP contribution in [0.2, 0.25) is 0 Å². The predicted molar refractivity (Wildman–Crippen MR) is 102 cm³/mol. The number of ether oxygens (including phenoxy) is 2. The van der Waals surface area contributed by atoms with Crippen molar-refractivity contribution >= 4 is 11.7 Å². The highest BCUT2D eigenvalue weighted by atomic mass is 19.1. The number of halogens is 1. The average Bonchev–Trinajstić information content (AvgIpc) is 3.04. The molecule has 0 radical (unpaired) electrons. The maximum atomic E-state index is 13.7. The Bertz CT molecular complexity index is 1160. The highest BCUT2D eigenvalue weighted by molar-refractivity contribution is 6.09. The van der Waals surface area contributed by atoms with E-state index in [4.69, 9.17) is 9.47 Å². The molecule has 8 nitrogen and oxygen atoms in total. The van der Waals surface area contributed by atoms with Gasteiger partial charge in [0.25, 0.3) is 17.4 Å². The van der Waals surface area contributed by atoms with Crippen LogP contribution in [0.1, 0.15) is 21.6 Å². The van der Waals surface area contributed by atoms with Crippen LogP contribution < -0.4 is 19.9 Å². The number of benzene rings is 1. The molecule has 148 valence electrons. The van der Waals surface area contributed by atoms with Crippen LogP contribution in [-0.4, -0.2) is 27.8 Å². The summed E-state index contributed by atoms with van der Waals surface area (Å²) in [6.45, 7) is 0.381. The molecular formula is C20H17FN4O4. The molecule has 1 amide bonds. The number of rotatable bonds is 5. The fourth-order valence-electron chi connectivity index (χ4n) is 3.05. The van der Waals surface area contributed by atoms with Crippen LogP contribution in [0.4, 0.5) is 10.2 Å². The monoisotopic (exact) mass is 396 g/mol.